The predicted molar refractivity (Wildman–Crippen MR) is 110 cm³/mol. The quantitative estimate of drug-likeness (QED) is 0.648. The minimum absolute atomic E-state index is 0.842. The third-order valence-corrected chi connectivity index (χ3v) is 4.93. The van der Waals surface area contributed by atoms with Gasteiger partial charge in [-0.3, -0.25) is 0 Å². The first-order valence-electron chi connectivity index (χ1n) is 9.42. The van der Waals surface area contributed by atoms with Crippen molar-refractivity contribution in [1.29, 1.82) is 0 Å². The Kier molecular flexibility index (Phi) is 5.71. The van der Waals surface area contributed by atoms with Crippen molar-refractivity contribution in [3.05, 3.63) is 59.7 Å². The number of aromatic amines is 1. The molecular formula is C22H28N4. The van der Waals surface area contributed by atoms with Crippen molar-refractivity contribution in [3.8, 4) is 0 Å². The monoisotopic (exact) mass is 348 g/mol. The number of benzene rings is 1. The number of H-pyrrole nitrogens is 1. The van der Waals surface area contributed by atoms with Crippen LogP contribution in [0, 0.1) is 12.8 Å². The lowest BCUT2D eigenvalue weighted by Crippen LogP contribution is -2.03. The number of aryl methyl sites for hydroxylation is 1. The second kappa shape index (κ2) is 8.17. The van der Waals surface area contributed by atoms with Gasteiger partial charge < -0.3 is 10.3 Å². The molecule has 4 rings (SSSR count). The van der Waals surface area contributed by atoms with Crippen LogP contribution in [-0.2, 0) is 0 Å². The lowest BCUT2D eigenvalue weighted by Gasteiger charge is -2.12. The van der Waals surface area contributed by atoms with E-state index in [4.69, 9.17) is 0 Å². The maximum Gasteiger partial charge on any atom is 0.137 e. The van der Waals surface area contributed by atoms with Crippen LogP contribution >= 0.6 is 0 Å². The highest BCUT2D eigenvalue weighted by molar-refractivity contribution is 5.91. The van der Waals surface area contributed by atoms with E-state index in [9.17, 15) is 0 Å². The molecule has 0 aliphatic heterocycles. The van der Waals surface area contributed by atoms with Gasteiger partial charge in [0.15, 0.2) is 0 Å². The Morgan fingerprint density at radius 1 is 1.27 bits per heavy atom. The number of fused-ring (bicyclic) bond motifs is 1. The van der Waals surface area contributed by atoms with E-state index >= 15 is 0 Å². The molecule has 2 N–H and O–H groups in total. The molecule has 0 unspecified atom stereocenters. The van der Waals surface area contributed by atoms with E-state index in [1.54, 1.807) is 6.33 Å². The van der Waals surface area contributed by atoms with Crippen LogP contribution < -0.4 is 5.32 Å². The number of para-hydroxylation sites is 1. The summed E-state index contributed by atoms with van der Waals surface area (Å²) in [5, 5.41) is 4.35. The third-order valence-electron chi connectivity index (χ3n) is 4.93. The Labute approximate surface area is 155 Å². The van der Waals surface area contributed by atoms with Gasteiger partial charge in [0.05, 0.1) is 5.69 Å². The summed E-state index contributed by atoms with van der Waals surface area (Å²) >= 11 is 0. The molecule has 3 aromatic rings. The average molecular weight is 348 g/mol. The molecule has 26 heavy (non-hydrogen) atoms. The van der Waals surface area contributed by atoms with Crippen LogP contribution in [0.15, 0.2) is 42.7 Å². The molecule has 0 spiro atoms. The van der Waals surface area contributed by atoms with Gasteiger partial charge >= 0.3 is 0 Å². The number of aromatic nitrogens is 3. The molecule has 0 amide bonds. The van der Waals surface area contributed by atoms with Crippen molar-refractivity contribution in [2.24, 2.45) is 5.92 Å². The molecule has 0 bridgehead atoms. The molecule has 0 radical (unpaired) electrons. The van der Waals surface area contributed by atoms with Crippen LogP contribution in [0.4, 0.5) is 5.82 Å². The fraction of sp³-hybridized carbons (Fsp3) is 0.364. The zero-order valence-corrected chi connectivity index (χ0v) is 16.1. The van der Waals surface area contributed by atoms with Gasteiger partial charge in [0.2, 0.25) is 0 Å². The summed E-state index contributed by atoms with van der Waals surface area (Å²) in [6, 6.07) is 10.4. The Balaban J connectivity index is 0.000000339. The Hall–Kier alpha value is -2.62. The van der Waals surface area contributed by atoms with Gasteiger partial charge in [-0.05, 0) is 31.9 Å². The first-order chi connectivity index (χ1) is 12.7. The molecule has 2 aromatic heterocycles. The summed E-state index contributed by atoms with van der Waals surface area (Å²) in [5.74, 6) is 1.98. The van der Waals surface area contributed by atoms with Gasteiger partial charge in [-0.15, -0.1) is 0 Å². The van der Waals surface area contributed by atoms with Crippen molar-refractivity contribution in [3.63, 3.8) is 0 Å². The summed E-state index contributed by atoms with van der Waals surface area (Å²) in [5.41, 5.74) is 5.31. The van der Waals surface area contributed by atoms with E-state index < -0.39 is 0 Å². The van der Waals surface area contributed by atoms with Crippen molar-refractivity contribution in [1.82, 2.24) is 15.0 Å². The molecule has 4 nitrogen and oxygen atoms in total. The molecule has 1 aliphatic rings. The van der Waals surface area contributed by atoms with Gasteiger partial charge in [-0.2, -0.15) is 0 Å². The standard InChI is InChI=1S/C17H18N4.C5H10/c1-4-13(16-11(2)19-10-20-17(16)18-3)15-9-12-7-5-6-8-14(12)21-15;1-2-5-3-4-5/h4-10,21H,1-3H3,(H,18,19,20);5H,2-4H2,1H3/b13-4-;. The fourth-order valence-corrected chi connectivity index (χ4v) is 3.16. The molecule has 1 saturated carbocycles. The third kappa shape index (κ3) is 3.96. The molecule has 1 aliphatic carbocycles. The van der Waals surface area contributed by atoms with Gasteiger partial charge in [0.25, 0.3) is 0 Å². The lowest BCUT2D eigenvalue weighted by atomic mass is 10.0. The van der Waals surface area contributed by atoms with E-state index in [2.05, 4.69) is 51.5 Å². The number of nitrogens with zero attached hydrogens (tertiary/aromatic N) is 2. The molecule has 136 valence electrons. The predicted octanol–water partition coefficient (Wildman–Crippen LogP) is 5.57. The van der Waals surface area contributed by atoms with Crippen molar-refractivity contribution in [2.75, 3.05) is 12.4 Å². The maximum absolute atomic E-state index is 4.33. The Bertz CT molecular complexity index is 870. The molecular weight excluding hydrogens is 320 g/mol. The summed E-state index contributed by atoms with van der Waals surface area (Å²) in [4.78, 5) is 12.1. The first-order valence-corrected chi connectivity index (χ1v) is 9.42. The Morgan fingerprint density at radius 3 is 2.62 bits per heavy atom. The fourth-order valence-electron chi connectivity index (χ4n) is 3.16. The number of nitrogens with one attached hydrogen (secondary N) is 2. The molecule has 0 atom stereocenters. The molecule has 0 saturated heterocycles. The zero-order chi connectivity index (χ0) is 18.5. The number of allylic oxidation sites excluding steroid dienone is 1. The second-order valence-electron chi connectivity index (χ2n) is 6.76. The van der Waals surface area contributed by atoms with E-state index in [1.165, 1.54) is 24.6 Å². The summed E-state index contributed by atoms with van der Waals surface area (Å²) in [6.45, 7) is 6.30. The van der Waals surface area contributed by atoms with Gasteiger partial charge in [0, 0.05) is 34.8 Å². The summed E-state index contributed by atoms with van der Waals surface area (Å²) in [7, 11) is 1.88. The smallest absolute Gasteiger partial charge is 0.137 e. The number of hydrogen-bond acceptors (Lipinski definition) is 3. The topological polar surface area (TPSA) is 53.6 Å². The number of anilines is 1. The minimum Gasteiger partial charge on any atom is -0.373 e. The molecule has 1 fully saturated rings. The van der Waals surface area contributed by atoms with Gasteiger partial charge in [0.1, 0.15) is 12.1 Å². The second-order valence-corrected chi connectivity index (χ2v) is 6.76. The van der Waals surface area contributed by atoms with Crippen LogP contribution in [0.5, 0.6) is 0 Å². The average Bonchev–Trinajstić information content (AvgIpc) is 3.42. The van der Waals surface area contributed by atoms with E-state index in [1.807, 2.05) is 33.0 Å². The van der Waals surface area contributed by atoms with Crippen molar-refractivity contribution >= 4 is 22.3 Å². The summed E-state index contributed by atoms with van der Waals surface area (Å²) in [6.07, 6.45) is 8.12. The Morgan fingerprint density at radius 2 is 2.04 bits per heavy atom. The normalized spacial score (nSPS) is 14.1. The minimum atomic E-state index is 0.842. The zero-order valence-electron chi connectivity index (χ0n) is 16.1. The van der Waals surface area contributed by atoms with Crippen LogP contribution in [-0.4, -0.2) is 22.0 Å². The van der Waals surface area contributed by atoms with Crippen molar-refractivity contribution < 1.29 is 0 Å². The largest absolute Gasteiger partial charge is 0.373 e. The molecule has 4 heteroatoms. The lowest BCUT2D eigenvalue weighted by molar-refractivity contribution is 0.799. The van der Waals surface area contributed by atoms with Crippen LogP contribution in [0.1, 0.15) is 50.1 Å². The highest BCUT2D eigenvalue weighted by Gasteiger charge is 2.17. The van der Waals surface area contributed by atoms with E-state index in [0.717, 1.165) is 39.8 Å². The summed E-state index contributed by atoms with van der Waals surface area (Å²) < 4.78 is 0. The molecule has 2 heterocycles. The van der Waals surface area contributed by atoms with Crippen LogP contribution in [0.2, 0.25) is 0 Å². The van der Waals surface area contributed by atoms with E-state index in [0.29, 0.717) is 0 Å². The number of hydrogen-bond donors (Lipinski definition) is 2. The van der Waals surface area contributed by atoms with Gasteiger partial charge in [-0.1, -0.05) is 50.5 Å². The SMILES string of the molecule is C/C=C(/c1cc2ccccc2[nH]1)c1c(C)ncnc1NC.CCC1CC1. The molecule has 1 aromatic carbocycles. The van der Waals surface area contributed by atoms with Gasteiger partial charge in [-0.25, -0.2) is 9.97 Å². The van der Waals surface area contributed by atoms with Crippen LogP contribution in [0.3, 0.4) is 0 Å². The first kappa shape index (κ1) is 18.2. The van der Waals surface area contributed by atoms with E-state index in [-0.39, 0.29) is 0 Å². The van der Waals surface area contributed by atoms with Crippen molar-refractivity contribution in [2.45, 2.75) is 40.0 Å². The highest BCUT2D eigenvalue weighted by atomic mass is 15.0. The maximum atomic E-state index is 4.33. The highest BCUT2D eigenvalue weighted by Crippen LogP contribution is 2.32. The number of rotatable bonds is 4. The van der Waals surface area contributed by atoms with Crippen LogP contribution in [0.25, 0.3) is 16.5 Å².